The fourth-order valence-electron chi connectivity index (χ4n) is 2.30. The van der Waals surface area contributed by atoms with Gasteiger partial charge in [-0.1, -0.05) is 22.8 Å². The zero-order valence-corrected chi connectivity index (χ0v) is 14.1. The lowest BCUT2D eigenvalue weighted by Gasteiger charge is -2.12. The van der Waals surface area contributed by atoms with E-state index in [1.54, 1.807) is 12.4 Å². The molecular weight excluding hydrogens is 326 g/mol. The van der Waals surface area contributed by atoms with Crippen LogP contribution in [0.2, 0.25) is 5.02 Å². The second kappa shape index (κ2) is 7.95. The van der Waals surface area contributed by atoms with Crippen molar-refractivity contribution in [2.45, 2.75) is 26.6 Å². The van der Waals surface area contributed by atoms with Gasteiger partial charge in [0, 0.05) is 47.7 Å². The third-order valence-electron chi connectivity index (χ3n) is 3.44. The average molecular weight is 344 g/mol. The van der Waals surface area contributed by atoms with Crippen LogP contribution in [0.25, 0.3) is 0 Å². The van der Waals surface area contributed by atoms with Crippen LogP contribution in [0.15, 0.2) is 53.3 Å². The molecule has 0 saturated heterocycles. The highest BCUT2D eigenvalue weighted by atomic mass is 35.5. The van der Waals surface area contributed by atoms with E-state index in [0.29, 0.717) is 24.7 Å². The van der Waals surface area contributed by atoms with E-state index >= 15 is 0 Å². The van der Waals surface area contributed by atoms with Crippen molar-refractivity contribution >= 4 is 11.6 Å². The van der Waals surface area contributed by atoms with Crippen LogP contribution >= 0.6 is 11.6 Å². The van der Waals surface area contributed by atoms with E-state index in [1.165, 1.54) is 0 Å². The van der Waals surface area contributed by atoms with Crippen molar-refractivity contribution < 1.29 is 9.26 Å². The third-order valence-corrected chi connectivity index (χ3v) is 3.67. The number of hydrogen-bond donors (Lipinski definition) is 1. The molecule has 0 aliphatic carbocycles. The Bertz CT molecular complexity index is 790. The largest absolute Gasteiger partial charge is 0.489 e. The molecule has 6 heteroatoms. The molecule has 2 heterocycles. The Balaban J connectivity index is 1.62. The molecule has 24 heavy (non-hydrogen) atoms. The first-order chi connectivity index (χ1) is 11.7. The average Bonchev–Trinajstić information content (AvgIpc) is 3.00. The number of aromatic nitrogens is 2. The molecule has 124 valence electrons. The first-order valence-electron chi connectivity index (χ1n) is 7.64. The summed E-state index contributed by atoms with van der Waals surface area (Å²) >= 11 is 6.11. The molecule has 2 aromatic heterocycles. The van der Waals surface area contributed by atoms with Crippen LogP contribution in [0, 0.1) is 6.92 Å². The van der Waals surface area contributed by atoms with Gasteiger partial charge in [-0.15, -0.1) is 0 Å². The van der Waals surface area contributed by atoms with Crippen molar-refractivity contribution in [1.29, 1.82) is 0 Å². The fraction of sp³-hybridized carbons (Fsp3) is 0.222. The standard InChI is InChI=1S/C18H18ClN3O2/c1-13-7-17(22-24-13)11-21-10-15-8-16(19)4-5-18(15)23-12-14-3-2-6-20-9-14/h2-9,21H,10-12H2,1H3. The highest BCUT2D eigenvalue weighted by Gasteiger charge is 2.07. The van der Waals surface area contributed by atoms with E-state index < -0.39 is 0 Å². The summed E-state index contributed by atoms with van der Waals surface area (Å²) in [6.07, 6.45) is 3.54. The number of ether oxygens (including phenoxy) is 1. The van der Waals surface area contributed by atoms with Gasteiger partial charge in [-0.05, 0) is 31.2 Å². The van der Waals surface area contributed by atoms with Crippen LogP contribution in [0.1, 0.15) is 22.6 Å². The van der Waals surface area contributed by atoms with E-state index in [0.717, 1.165) is 28.3 Å². The minimum atomic E-state index is 0.463. The summed E-state index contributed by atoms with van der Waals surface area (Å²) in [5.74, 6) is 1.60. The van der Waals surface area contributed by atoms with Gasteiger partial charge in [0.2, 0.25) is 0 Å². The molecule has 0 fully saturated rings. The number of aryl methyl sites for hydroxylation is 1. The minimum Gasteiger partial charge on any atom is -0.489 e. The minimum absolute atomic E-state index is 0.463. The molecule has 0 aliphatic rings. The number of halogens is 1. The predicted molar refractivity (Wildman–Crippen MR) is 91.8 cm³/mol. The van der Waals surface area contributed by atoms with E-state index in [-0.39, 0.29) is 0 Å². The van der Waals surface area contributed by atoms with Gasteiger partial charge in [0.15, 0.2) is 0 Å². The lowest BCUT2D eigenvalue weighted by molar-refractivity contribution is 0.301. The summed E-state index contributed by atoms with van der Waals surface area (Å²) in [6.45, 7) is 3.57. The van der Waals surface area contributed by atoms with Gasteiger partial charge in [0.05, 0.1) is 5.69 Å². The second-order valence-electron chi connectivity index (χ2n) is 5.43. The van der Waals surface area contributed by atoms with Crippen LogP contribution in [0.3, 0.4) is 0 Å². The Labute approximate surface area is 145 Å². The molecule has 0 bridgehead atoms. The fourth-order valence-corrected chi connectivity index (χ4v) is 2.49. The molecule has 1 aromatic carbocycles. The lowest BCUT2D eigenvalue weighted by Crippen LogP contribution is -2.14. The SMILES string of the molecule is Cc1cc(CNCc2cc(Cl)ccc2OCc2cccnc2)no1. The third kappa shape index (κ3) is 4.57. The van der Waals surface area contributed by atoms with Gasteiger partial charge in [-0.25, -0.2) is 0 Å². The Morgan fingerprint density at radius 3 is 2.88 bits per heavy atom. The lowest BCUT2D eigenvalue weighted by atomic mass is 10.2. The molecule has 0 aliphatic heterocycles. The number of benzene rings is 1. The maximum atomic E-state index is 6.11. The molecular formula is C18H18ClN3O2. The summed E-state index contributed by atoms with van der Waals surface area (Å²) in [5.41, 5.74) is 2.88. The van der Waals surface area contributed by atoms with Gasteiger partial charge in [0.25, 0.3) is 0 Å². The topological polar surface area (TPSA) is 60.2 Å². The second-order valence-corrected chi connectivity index (χ2v) is 5.87. The van der Waals surface area contributed by atoms with Crippen molar-refractivity contribution in [1.82, 2.24) is 15.5 Å². The molecule has 0 amide bonds. The van der Waals surface area contributed by atoms with E-state index in [4.69, 9.17) is 20.9 Å². The molecule has 1 N–H and O–H groups in total. The zero-order valence-electron chi connectivity index (χ0n) is 13.3. The first kappa shape index (κ1) is 16.5. The first-order valence-corrected chi connectivity index (χ1v) is 8.01. The quantitative estimate of drug-likeness (QED) is 0.705. The van der Waals surface area contributed by atoms with Crippen LogP contribution < -0.4 is 10.1 Å². The summed E-state index contributed by atoms with van der Waals surface area (Å²) in [4.78, 5) is 4.09. The van der Waals surface area contributed by atoms with E-state index in [1.807, 2.05) is 43.3 Å². The van der Waals surface area contributed by atoms with Crippen molar-refractivity contribution in [3.05, 3.63) is 76.4 Å². The van der Waals surface area contributed by atoms with Gasteiger partial charge >= 0.3 is 0 Å². The van der Waals surface area contributed by atoms with Crippen molar-refractivity contribution in [2.75, 3.05) is 0 Å². The Hall–Kier alpha value is -2.37. The maximum absolute atomic E-state index is 6.11. The summed E-state index contributed by atoms with van der Waals surface area (Å²) in [6, 6.07) is 11.4. The smallest absolute Gasteiger partial charge is 0.133 e. The number of rotatable bonds is 7. The van der Waals surface area contributed by atoms with Crippen LogP contribution in [-0.4, -0.2) is 10.1 Å². The van der Waals surface area contributed by atoms with E-state index in [2.05, 4.69) is 15.5 Å². The van der Waals surface area contributed by atoms with Crippen LogP contribution in [-0.2, 0) is 19.7 Å². The molecule has 5 nitrogen and oxygen atoms in total. The number of nitrogens with one attached hydrogen (secondary N) is 1. The Kier molecular flexibility index (Phi) is 5.46. The van der Waals surface area contributed by atoms with Gasteiger partial charge in [-0.3, -0.25) is 4.98 Å². The van der Waals surface area contributed by atoms with Gasteiger partial charge in [-0.2, -0.15) is 0 Å². The zero-order chi connectivity index (χ0) is 16.8. The summed E-state index contributed by atoms with van der Waals surface area (Å²) < 4.78 is 11.0. The molecule has 0 spiro atoms. The predicted octanol–water partition coefficient (Wildman–Crippen LogP) is 3.90. The van der Waals surface area contributed by atoms with Crippen molar-refractivity contribution in [3.63, 3.8) is 0 Å². The molecule has 0 saturated carbocycles. The normalized spacial score (nSPS) is 10.8. The monoisotopic (exact) mass is 343 g/mol. The molecule has 0 unspecified atom stereocenters. The number of pyridine rings is 1. The van der Waals surface area contributed by atoms with Crippen LogP contribution in [0.5, 0.6) is 5.75 Å². The molecule has 3 aromatic rings. The number of nitrogens with zero attached hydrogens (tertiary/aromatic N) is 2. The van der Waals surface area contributed by atoms with Gasteiger partial charge < -0.3 is 14.6 Å². The van der Waals surface area contributed by atoms with Crippen LogP contribution in [0.4, 0.5) is 0 Å². The number of hydrogen-bond acceptors (Lipinski definition) is 5. The molecule has 3 rings (SSSR count). The van der Waals surface area contributed by atoms with Gasteiger partial charge in [0.1, 0.15) is 18.1 Å². The summed E-state index contributed by atoms with van der Waals surface area (Å²) in [5, 5.41) is 7.96. The highest BCUT2D eigenvalue weighted by molar-refractivity contribution is 6.30. The van der Waals surface area contributed by atoms with Crippen molar-refractivity contribution in [2.24, 2.45) is 0 Å². The Morgan fingerprint density at radius 1 is 1.21 bits per heavy atom. The molecule has 0 atom stereocenters. The maximum Gasteiger partial charge on any atom is 0.133 e. The Morgan fingerprint density at radius 2 is 2.12 bits per heavy atom. The highest BCUT2D eigenvalue weighted by Crippen LogP contribution is 2.24. The van der Waals surface area contributed by atoms with E-state index in [9.17, 15) is 0 Å². The molecule has 0 radical (unpaired) electrons. The summed E-state index contributed by atoms with van der Waals surface area (Å²) in [7, 11) is 0. The van der Waals surface area contributed by atoms with Crippen molar-refractivity contribution in [3.8, 4) is 5.75 Å².